The van der Waals surface area contributed by atoms with Crippen LogP contribution in [0.2, 0.25) is 0 Å². The monoisotopic (exact) mass is 476 g/mol. The van der Waals surface area contributed by atoms with Crippen LogP contribution in [-0.4, -0.2) is 45.3 Å². The Bertz CT molecular complexity index is 1220. The molecule has 3 atom stereocenters. The number of ether oxygens (including phenoxy) is 2. The van der Waals surface area contributed by atoms with Gasteiger partial charge in [0.1, 0.15) is 16.1 Å². The molecule has 33 heavy (non-hydrogen) atoms. The maximum Gasteiger partial charge on any atom is 0.338 e. The summed E-state index contributed by atoms with van der Waals surface area (Å²) in [6.07, 6.45) is 0.968. The number of fused-ring (bicyclic) bond motifs is 1. The molecule has 9 heteroatoms. The van der Waals surface area contributed by atoms with Crippen LogP contribution >= 0.6 is 0 Å². The first-order valence-electron chi connectivity index (χ1n) is 10.7. The fourth-order valence-corrected chi connectivity index (χ4v) is 7.40. The number of hydrogen-bond donors (Lipinski definition) is 1. The minimum Gasteiger partial charge on any atom is -0.478 e. The van der Waals surface area contributed by atoms with Gasteiger partial charge in [-0.1, -0.05) is 24.6 Å². The lowest BCUT2D eigenvalue weighted by molar-refractivity contribution is -0.259. The predicted molar refractivity (Wildman–Crippen MR) is 118 cm³/mol. The molecule has 1 aromatic rings. The number of methoxy groups -OCH3 is 2. The molecule has 8 nitrogen and oxygen atoms in total. The van der Waals surface area contributed by atoms with Crippen LogP contribution in [0.3, 0.4) is 0 Å². The number of rotatable bonds is 6. The molecule has 1 saturated carbocycles. The van der Waals surface area contributed by atoms with Gasteiger partial charge in [0.25, 0.3) is 0 Å². The average molecular weight is 477 g/mol. The number of Topliss-reactive ketones (excluding diaryl/α,β-unsaturated/α-hetero) is 1. The van der Waals surface area contributed by atoms with Gasteiger partial charge in [-0.15, -0.1) is 0 Å². The molecular formula is C24H28O8S. The maximum atomic E-state index is 14.1. The zero-order valence-electron chi connectivity index (χ0n) is 19.5. The van der Waals surface area contributed by atoms with Crippen molar-refractivity contribution in [3.05, 3.63) is 52.3 Å². The fraction of sp³-hybridized carbons (Fsp3) is 0.500. The van der Waals surface area contributed by atoms with E-state index in [1.807, 2.05) is 13.8 Å². The smallest absolute Gasteiger partial charge is 0.338 e. The highest BCUT2D eigenvalue weighted by Gasteiger charge is 2.78. The topological polar surface area (TPSA) is 116 Å². The molecule has 0 saturated heterocycles. The lowest BCUT2D eigenvalue weighted by Crippen LogP contribution is -2.70. The zero-order valence-corrected chi connectivity index (χ0v) is 20.3. The Balaban J connectivity index is 2.05. The summed E-state index contributed by atoms with van der Waals surface area (Å²) in [6, 6.07) is 6.13. The minimum absolute atomic E-state index is 0.0803. The number of hydrogen-bond acceptors (Lipinski definition) is 7. The van der Waals surface area contributed by atoms with Gasteiger partial charge >= 0.3 is 16.1 Å². The van der Waals surface area contributed by atoms with Gasteiger partial charge in [0.05, 0.1) is 11.0 Å². The summed E-state index contributed by atoms with van der Waals surface area (Å²) in [4.78, 5) is 26.6. The maximum absolute atomic E-state index is 14.1. The molecule has 4 aliphatic carbocycles. The Kier molecular flexibility index (Phi) is 5.20. The van der Waals surface area contributed by atoms with Crippen LogP contribution in [0.4, 0.5) is 0 Å². The first-order valence-corrected chi connectivity index (χ1v) is 12.1. The Labute approximate surface area is 193 Å². The van der Waals surface area contributed by atoms with Crippen LogP contribution in [0.15, 0.2) is 51.6 Å². The highest BCUT2D eigenvalue weighted by Crippen LogP contribution is 2.71. The van der Waals surface area contributed by atoms with E-state index in [4.69, 9.17) is 13.7 Å². The van der Waals surface area contributed by atoms with Gasteiger partial charge in [0.15, 0.2) is 0 Å². The molecule has 0 heterocycles. The number of ketones is 1. The molecule has 0 aliphatic heterocycles. The lowest BCUT2D eigenvalue weighted by atomic mass is 9.47. The van der Waals surface area contributed by atoms with Crippen molar-refractivity contribution in [3.63, 3.8) is 0 Å². The molecule has 2 unspecified atom stereocenters. The third-order valence-corrected chi connectivity index (χ3v) is 9.07. The third kappa shape index (κ3) is 2.61. The van der Waals surface area contributed by atoms with E-state index in [1.54, 1.807) is 19.1 Å². The van der Waals surface area contributed by atoms with E-state index >= 15 is 0 Å². The average Bonchev–Trinajstić information content (AvgIpc) is 3.09. The second-order valence-electron chi connectivity index (χ2n) is 9.19. The third-order valence-electron chi connectivity index (χ3n) is 7.84. The summed E-state index contributed by atoms with van der Waals surface area (Å²) in [5.41, 5.74) is -1.57. The molecule has 178 valence electrons. The number of carboxylic acids is 1. The highest BCUT2D eigenvalue weighted by molar-refractivity contribution is 7.86. The summed E-state index contributed by atoms with van der Waals surface area (Å²) < 4.78 is 43.6. The van der Waals surface area contributed by atoms with Gasteiger partial charge in [-0.25, -0.2) is 4.79 Å². The van der Waals surface area contributed by atoms with E-state index in [0.717, 1.165) is 5.56 Å². The van der Waals surface area contributed by atoms with Crippen molar-refractivity contribution >= 4 is 21.9 Å². The summed E-state index contributed by atoms with van der Waals surface area (Å²) >= 11 is 0. The Morgan fingerprint density at radius 3 is 2.21 bits per heavy atom. The van der Waals surface area contributed by atoms with Crippen molar-refractivity contribution in [2.75, 3.05) is 14.2 Å². The minimum atomic E-state index is -4.35. The van der Waals surface area contributed by atoms with E-state index in [-0.39, 0.29) is 22.1 Å². The summed E-state index contributed by atoms with van der Waals surface area (Å²) in [7, 11) is -1.84. The zero-order chi connectivity index (χ0) is 24.6. The van der Waals surface area contributed by atoms with Crippen molar-refractivity contribution in [2.24, 2.45) is 16.7 Å². The molecule has 0 amide bonds. The Hall–Kier alpha value is -2.49. The van der Waals surface area contributed by atoms with Crippen LogP contribution in [0.25, 0.3) is 0 Å². The van der Waals surface area contributed by atoms with Crippen LogP contribution in [0, 0.1) is 23.7 Å². The van der Waals surface area contributed by atoms with Crippen molar-refractivity contribution < 1.29 is 36.8 Å². The second kappa shape index (κ2) is 7.25. The summed E-state index contributed by atoms with van der Waals surface area (Å²) in [6.45, 7) is 6.77. The van der Waals surface area contributed by atoms with Crippen molar-refractivity contribution in [1.82, 2.24) is 0 Å². The van der Waals surface area contributed by atoms with E-state index in [1.165, 1.54) is 33.3 Å². The molecule has 1 N–H and O–H groups in total. The molecule has 1 fully saturated rings. The van der Waals surface area contributed by atoms with Crippen LogP contribution in [-0.2, 0) is 33.4 Å². The standard InChI is InChI=1S/C24H28O8S/c1-13-7-10-16(11-8-13)33(28,29)32-19-15(3)23-14(2)9-12-17(23)18(20(25)26)22(19,4)24(30-5,31-6)21(23)27/h7-8,10-11,14H,9,12H2,1-6H3,(H,25,26)/t14-,22?,23?/m0/s1. The van der Waals surface area contributed by atoms with E-state index in [9.17, 15) is 23.1 Å². The highest BCUT2D eigenvalue weighted by atomic mass is 32.2. The van der Waals surface area contributed by atoms with Crippen LogP contribution < -0.4 is 0 Å². The molecule has 0 aromatic heterocycles. The largest absolute Gasteiger partial charge is 0.478 e. The van der Waals surface area contributed by atoms with Gasteiger partial charge in [-0.3, -0.25) is 4.79 Å². The number of aliphatic carboxylic acids is 1. The quantitative estimate of drug-likeness (QED) is 0.491. The molecule has 5 rings (SSSR count). The van der Waals surface area contributed by atoms with E-state index < -0.39 is 38.5 Å². The van der Waals surface area contributed by atoms with Gasteiger partial charge < -0.3 is 18.8 Å². The number of benzene rings is 1. The first-order chi connectivity index (χ1) is 15.4. The van der Waals surface area contributed by atoms with Gasteiger partial charge in [-0.2, -0.15) is 8.42 Å². The van der Waals surface area contributed by atoms with Crippen LogP contribution in [0.5, 0.6) is 0 Å². The first kappa shape index (κ1) is 23.7. The number of allylic oxidation sites excluding steroid dienone is 2. The molecule has 1 spiro atoms. The van der Waals surface area contributed by atoms with Crippen molar-refractivity contribution in [2.45, 2.75) is 51.2 Å². The molecule has 1 aromatic carbocycles. The summed E-state index contributed by atoms with van der Waals surface area (Å²) in [5.74, 6) is -4.20. The van der Waals surface area contributed by atoms with Crippen molar-refractivity contribution in [3.8, 4) is 0 Å². The molecular weight excluding hydrogens is 448 g/mol. The van der Waals surface area contributed by atoms with E-state index in [2.05, 4.69) is 0 Å². The molecule has 0 radical (unpaired) electrons. The Morgan fingerprint density at radius 2 is 1.70 bits per heavy atom. The van der Waals surface area contributed by atoms with Crippen LogP contribution in [0.1, 0.15) is 39.2 Å². The fourth-order valence-electron chi connectivity index (χ4n) is 6.32. The van der Waals surface area contributed by atoms with Gasteiger partial charge in [-0.05, 0) is 62.8 Å². The van der Waals surface area contributed by atoms with Gasteiger partial charge in [0.2, 0.25) is 11.6 Å². The van der Waals surface area contributed by atoms with E-state index in [0.29, 0.717) is 24.0 Å². The summed E-state index contributed by atoms with van der Waals surface area (Å²) in [5, 5.41) is 10.3. The molecule has 4 aliphatic rings. The SMILES string of the molecule is COC1(OC)C(=O)C23C(C)=C(OS(=O)(=O)c4ccc(C)cc4)C1(C)C(C(=O)O)=C2CC[C@@H]3C. The normalized spacial score (nSPS) is 30.6. The number of carboxylic acid groups (broad SMARTS) is 1. The predicted octanol–water partition coefficient (Wildman–Crippen LogP) is 3.36. The second-order valence-corrected chi connectivity index (χ2v) is 10.7. The Morgan fingerprint density at radius 1 is 1.12 bits per heavy atom. The molecule has 2 bridgehead atoms. The number of aryl methyl sites for hydroxylation is 1. The van der Waals surface area contributed by atoms with Crippen molar-refractivity contribution in [1.29, 1.82) is 0 Å². The number of carbonyl (C=O) groups is 2. The number of carbonyl (C=O) groups excluding carboxylic acids is 1. The lowest BCUT2D eigenvalue weighted by Gasteiger charge is -2.59. The van der Waals surface area contributed by atoms with Gasteiger partial charge in [0, 0.05) is 14.2 Å².